The molecule has 1 aliphatic heterocycles. The van der Waals surface area contributed by atoms with E-state index in [2.05, 4.69) is 10.2 Å². The Balaban J connectivity index is 1.41. The summed E-state index contributed by atoms with van der Waals surface area (Å²) in [7, 11) is 0. The smallest absolute Gasteiger partial charge is 0.0195 e. The topological polar surface area (TPSA) is 15.3 Å². The van der Waals surface area contributed by atoms with Gasteiger partial charge in [0.25, 0.3) is 0 Å². The van der Waals surface area contributed by atoms with Gasteiger partial charge in [0.15, 0.2) is 0 Å². The molecule has 0 amide bonds. The van der Waals surface area contributed by atoms with Crippen LogP contribution in [0.4, 0.5) is 0 Å². The minimum Gasteiger partial charge on any atom is -0.313 e. The van der Waals surface area contributed by atoms with Gasteiger partial charge in [0.1, 0.15) is 0 Å². The summed E-state index contributed by atoms with van der Waals surface area (Å²) < 4.78 is 0. The molecule has 0 bridgehead atoms. The molecule has 0 aromatic heterocycles. The first-order valence-corrected chi connectivity index (χ1v) is 8.36. The molecule has 1 unspecified atom stereocenters. The van der Waals surface area contributed by atoms with Gasteiger partial charge >= 0.3 is 0 Å². The zero-order valence-electron chi connectivity index (χ0n) is 11.9. The van der Waals surface area contributed by atoms with Crippen LogP contribution in [0.3, 0.4) is 0 Å². The quantitative estimate of drug-likeness (QED) is 0.747. The van der Waals surface area contributed by atoms with Crippen molar-refractivity contribution in [2.45, 2.75) is 63.8 Å². The van der Waals surface area contributed by atoms with E-state index in [1.165, 1.54) is 84.0 Å². The van der Waals surface area contributed by atoms with Crippen LogP contribution in [0.1, 0.15) is 57.8 Å². The van der Waals surface area contributed by atoms with Crippen molar-refractivity contribution >= 4 is 0 Å². The number of hydrogen-bond acceptors (Lipinski definition) is 2. The highest BCUT2D eigenvalue weighted by molar-refractivity contribution is 4.83. The van der Waals surface area contributed by atoms with Crippen LogP contribution in [0.15, 0.2) is 0 Å². The Labute approximate surface area is 113 Å². The van der Waals surface area contributed by atoms with E-state index >= 15 is 0 Å². The van der Waals surface area contributed by atoms with Crippen LogP contribution in [-0.4, -0.2) is 37.1 Å². The van der Waals surface area contributed by atoms with Gasteiger partial charge < -0.3 is 10.2 Å². The van der Waals surface area contributed by atoms with E-state index in [1.807, 2.05) is 0 Å². The minimum atomic E-state index is 0.798. The Morgan fingerprint density at radius 1 is 0.833 bits per heavy atom. The van der Waals surface area contributed by atoms with Gasteiger partial charge in [-0.3, -0.25) is 0 Å². The van der Waals surface area contributed by atoms with Crippen molar-refractivity contribution in [1.82, 2.24) is 10.2 Å². The summed E-state index contributed by atoms with van der Waals surface area (Å²) in [5, 5.41) is 3.67. The second-order valence-corrected chi connectivity index (χ2v) is 6.94. The molecule has 18 heavy (non-hydrogen) atoms. The third kappa shape index (κ3) is 3.96. The fourth-order valence-electron chi connectivity index (χ4n) is 3.81. The molecule has 1 saturated heterocycles. The molecule has 0 spiro atoms. The summed E-state index contributed by atoms with van der Waals surface area (Å²) >= 11 is 0. The Hall–Kier alpha value is -0.0800. The van der Waals surface area contributed by atoms with Gasteiger partial charge in [0.2, 0.25) is 0 Å². The molecule has 3 aliphatic rings. The van der Waals surface area contributed by atoms with Crippen molar-refractivity contribution in [1.29, 1.82) is 0 Å². The number of hydrogen-bond donors (Lipinski definition) is 1. The van der Waals surface area contributed by atoms with E-state index in [0.717, 1.165) is 17.9 Å². The summed E-state index contributed by atoms with van der Waals surface area (Å²) in [6.07, 6.45) is 13.3. The highest BCUT2D eigenvalue weighted by Gasteiger charge is 2.27. The monoisotopic (exact) mass is 250 g/mol. The first kappa shape index (κ1) is 12.9. The molecule has 2 heteroatoms. The molecule has 1 heterocycles. The van der Waals surface area contributed by atoms with Gasteiger partial charge in [-0.1, -0.05) is 25.7 Å². The maximum atomic E-state index is 3.67. The van der Waals surface area contributed by atoms with Crippen molar-refractivity contribution in [2.24, 2.45) is 11.8 Å². The average molecular weight is 250 g/mol. The van der Waals surface area contributed by atoms with Gasteiger partial charge in [-0.25, -0.2) is 0 Å². The van der Waals surface area contributed by atoms with Gasteiger partial charge in [-0.15, -0.1) is 0 Å². The molecule has 2 saturated carbocycles. The van der Waals surface area contributed by atoms with Crippen molar-refractivity contribution < 1.29 is 0 Å². The zero-order valence-corrected chi connectivity index (χ0v) is 11.9. The highest BCUT2D eigenvalue weighted by Crippen LogP contribution is 2.31. The summed E-state index contributed by atoms with van der Waals surface area (Å²) in [4.78, 5) is 2.79. The third-order valence-corrected chi connectivity index (χ3v) is 5.18. The number of nitrogens with one attached hydrogen (secondary N) is 1. The predicted molar refractivity (Wildman–Crippen MR) is 76.8 cm³/mol. The standard InChI is InChI=1S/C16H30N2/c1-2-5-14(4-1)9-11-18(12-15-7-8-15)13-16-6-3-10-17-16/h14-17H,1-13H2. The van der Waals surface area contributed by atoms with Crippen molar-refractivity contribution in [2.75, 3.05) is 26.2 Å². The van der Waals surface area contributed by atoms with Crippen LogP contribution in [-0.2, 0) is 0 Å². The van der Waals surface area contributed by atoms with Crippen LogP contribution in [0.5, 0.6) is 0 Å². The second-order valence-electron chi connectivity index (χ2n) is 6.94. The van der Waals surface area contributed by atoms with Crippen molar-refractivity contribution in [3.63, 3.8) is 0 Å². The summed E-state index contributed by atoms with van der Waals surface area (Å²) in [5.41, 5.74) is 0. The van der Waals surface area contributed by atoms with E-state index in [9.17, 15) is 0 Å². The Morgan fingerprint density at radius 3 is 2.33 bits per heavy atom. The Kier molecular flexibility index (Phi) is 4.58. The van der Waals surface area contributed by atoms with E-state index in [4.69, 9.17) is 0 Å². The van der Waals surface area contributed by atoms with Crippen LogP contribution in [0.25, 0.3) is 0 Å². The fourth-order valence-corrected chi connectivity index (χ4v) is 3.81. The number of nitrogens with zero attached hydrogens (tertiary/aromatic N) is 1. The predicted octanol–water partition coefficient (Wildman–Crippen LogP) is 3.03. The van der Waals surface area contributed by atoms with Gasteiger partial charge in [0, 0.05) is 19.1 Å². The third-order valence-electron chi connectivity index (χ3n) is 5.18. The molecule has 3 rings (SSSR count). The van der Waals surface area contributed by atoms with Crippen LogP contribution >= 0.6 is 0 Å². The van der Waals surface area contributed by atoms with E-state index < -0.39 is 0 Å². The van der Waals surface area contributed by atoms with Crippen LogP contribution < -0.4 is 5.32 Å². The minimum absolute atomic E-state index is 0.798. The molecule has 104 valence electrons. The molecule has 2 aliphatic carbocycles. The molecule has 1 N–H and O–H groups in total. The highest BCUT2D eigenvalue weighted by atomic mass is 15.2. The molecule has 3 fully saturated rings. The van der Waals surface area contributed by atoms with E-state index in [1.54, 1.807) is 0 Å². The SMILES string of the molecule is C1CCC(CCN(CC2CC2)CC2CCCN2)C1. The molecule has 0 radical (unpaired) electrons. The van der Waals surface area contributed by atoms with Gasteiger partial charge in [0.05, 0.1) is 0 Å². The molecule has 0 aromatic carbocycles. The first-order chi connectivity index (χ1) is 8.90. The fraction of sp³-hybridized carbons (Fsp3) is 1.00. The maximum Gasteiger partial charge on any atom is 0.0195 e. The van der Waals surface area contributed by atoms with Gasteiger partial charge in [-0.2, -0.15) is 0 Å². The van der Waals surface area contributed by atoms with Gasteiger partial charge in [-0.05, 0) is 57.0 Å². The summed E-state index contributed by atoms with van der Waals surface area (Å²) in [6, 6.07) is 0.798. The van der Waals surface area contributed by atoms with E-state index in [0.29, 0.717) is 0 Å². The lowest BCUT2D eigenvalue weighted by Gasteiger charge is -2.26. The van der Waals surface area contributed by atoms with E-state index in [-0.39, 0.29) is 0 Å². The summed E-state index contributed by atoms with van der Waals surface area (Å²) in [6.45, 7) is 5.35. The molecule has 0 aromatic rings. The first-order valence-electron chi connectivity index (χ1n) is 8.36. The second kappa shape index (κ2) is 6.38. The molecule has 1 atom stereocenters. The molecular formula is C16H30N2. The Bertz CT molecular complexity index is 237. The van der Waals surface area contributed by atoms with Crippen LogP contribution in [0, 0.1) is 11.8 Å². The average Bonchev–Trinajstić information content (AvgIpc) is 2.85. The maximum absolute atomic E-state index is 3.67. The molecular weight excluding hydrogens is 220 g/mol. The Morgan fingerprint density at radius 2 is 1.67 bits per heavy atom. The summed E-state index contributed by atoms with van der Waals surface area (Å²) in [5.74, 6) is 2.11. The lowest BCUT2D eigenvalue weighted by atomic mass is 10.0. The zero-order chi connectivity index (χ0) is 12.2. The van der Waals surface area contributed by atoms with Crippen molar-refractivity contribution in [3.8, 4) is 0 Å². The lowest BCUT2D eigenvalue weighted by Crippen LogP contribution is -2.39. The van der Waals surface area contributed by atoms with Crippen LogP contribution in [0.2, 0.25) is 0 Å². The van der Waals surface area contributed by atoms with Crippen molar-refractivity contribution in [3.05, 3.63) is 0 Å². The number of rotatable bonds is 7. The normalized spacial score (nSPS) is 29.5. The lowest BCUT2D eigenvalue weighted by molar-refractivity contribution is 0.223. The molecule has 2 nitrogen and oxygen atoms in total. The largest absolute Gasteiger partial charge is 0.313 e.